The maximum Gasteiger partial charge on any atom is 0.269 e. The minimum Gasteiger partial charge on any atom is -0.337 e. The number of nitro benzene ring substituents is 1. The normalized spacial score (nSPS) is 15.4. The van der Waals surface area contributed by atoms with Gasteiger partial charge in [0, 0.05) is 41.4 Å². The van der Waals surface area contributed by atoms with Gasteiger partial charge in [0.05, 0.1) is 4.92 Å². The van der Waals surface area contributed by atoms with Crippen molar-refractivity contribution in [3.8, 4) is 11.4 Å². The van der Waals surface area contributed by atoms with Gasteiger partial charge in [0.1, 0.15) is 12.6 Å². The molecule has 1 aromatic heterocycles. The van der Waals surface area contributed by atoms with E-state index < -0.39 is 16.9 Å². The summed E-state index contributed by atoms with van der Waals surface area (Å²) in [4.78, 5) is 44.3. The van der Waals surface area contributed by atoms with E-state index in [9.17, 15) is 19.7 Å². The predicted molar refractivity (Wildman–Crippen MR) is 132 cm³/mol. The fourth-order valence-corrected chi connectivity index (χ4v) is 4.33. The fraction of sp³-hybridized carbons (Fsp3) is 0.280. The number of piperidine rings is 1. The molecule has 11 heteroatoms. The molecule has 186 valence electrons. The zero-order valence-electron chi connectivity index (χ0n) is 19.4. The number of hydrogen-bond acceptors (Lipinski definition) is 7. The van der Waals surface area contributed by atoms with Crippen molar-refractivity contribution in [3.05, 3.63) is 87.8 Å². The van der Waals surface area contributed by atoms with Gasteiger partial charge in [-0.1, -0.05) is 35.0 Å². The zero-order chi connectivity index (χ0) is 25.7. The molecule has 2 heterocycles. The topological polar surface area (TPSA) is 123 Å². The number of benzene rings is 2. The van der Waals surface area contributed by atoms with Gasteiger partial charge in [-0.3, -0.25) is 19.7 Å². The molecule has 1 aliphatic heterocycles. The lowest BCUT2D eigenvalue weighted by atomic mass is 10.0. The number of nitro groups is 1. The molecule has 3 aromatic rings. The van der Waals surface area contributed by atoms with Gasteiger partial charge in [-0.25, -0.2) is 0 Å². The number of aromatic nitrogens is 2. The Labute approximate surface area is 212 Å². The molecule has 1 saturated heterocycles. The van der Waals surface area contributed by atoms with Crippen molar-refractivity contribution in [1.29, 1.82) is 0 Å². The molecule has 10 nitrogen and oxygen atoms in total. The monoisotopic (exact) mass is 509 g/mol. The molecular formula is C25H24ClN5O5. The van der Waals surface area contributed by atoms with Crippen LogP contribution < -0.4 is 0 Å². The first-order chi connectivity index (χ1) is 17.4. The first-order valence-corrected chi connectivity index (χ1v) is 11.8. The average Bonchev–Trinajstić information content (AvgIpc) is 3.38. The molecular weight excluding hydrogens is 486 g/mol. The van der Waals surface area contributed by atoms with Crippen molar-refractivity contribution in [2.24, 2.45) is 0 Å². The highest BCUT2D eigenvalue weighted by Gasteiger charge is 2.33. The average molecular weight is 510 g/mol. The van der Waals surface area contributed by atoms with E-state index in [1.54, 1.807) is 23.1 Å². The van der Waals surface area contributed by atoms with Crippen LogP contribution in [-0.2, 0) is 4.79 Å². The summed E-state index contributed by atoms with van der Waals surface area (Å²) in [6.45, 7) is 4.13. The Morgan fingerprint density at radius 3 is 2.72 bits per heavy atom. The molecule has 2 amide bonds. The van der Waals surface area contributed by atoms with Gasteiger partial charge in [0.15, 0.2) is 0 Å². The Hall–Kier alpha value is -4.05. The maximum atomic E-state index is 13.4. The molecule has 0 N–H and O–H groups in total. The van der Waals surface area contributed by atoms with Crippen molar-refractivity contribution in [3.63, 3.8) is 0 Å². The SMILES string of the molecule is C=CCN(CC(=O)N1CCCCC1c1nc(-c2cccc(Cl)c2)no1)C(=O)c1ccc([N+](=O)[O-])cc1. The van der Waals surface area contributed by atoms with Gasteiger partial charge in [-0.15, -0.1) is 6.58 Å². The first-order valence-electron chi connectivity index (χ1n) is 11.4. The molecule has 0 bridgehead atoms. The van der Waals surface area contributed by atoms with Crippen molar-refractivity contribution in [2.45, 2.75) is 25.3 Å². The molecule has 1 atom stereocenters. The van der Waals surface area contributed by atoms with Crippen LogP contribution in [0.2, 0.25) is 5.02 Å². The molecule has 36 heavy (non-hydrogen) atoms. The van der Waals surface area contributed by atoms with Crippen molar-refractivity contribution in [1.82, 2.24) is 19.9 Å². The highest BCUT2D eigenvalue weighted by Crippen LogP contribution is 2.32. The van der Waals surface area contributed by atoms with E-state index in [2.05, 4.69) is 16.7 Å². The molecule has 0 saturated carbocycles. The van der Waals surface area contributed by atoms with E-state index in [1.807, 2.05) is 6.07 Å². The maximum absolute atomic E-state index is 13.4. The van der Waals surface area contributed by atoms with E-state index in [4.69, 9.17) is 16.1 Å². The molecule has 1 unspecified atom stereocenters. The third-order valence-corrected chi connectivity index (χ3v) is 6.16. The number of carbonyl (C=O) groups is 2. The third-order valence-electron chi connectivity index (χ3n) is 5.92. The summed E-state index contributed by atoms with van der Waals surface area (Å²) in [5.74, 6) is 0.0224. The summed E-state index contributed by atoms with van der Waals surface area (Å²) < 4.78 is 5.53. The highest BCUT2D eigenvalue weighted by atomic mass is 35.5. The largest absolute Gasteiger partial charge is 0.337 e. The Kier molecular flexibility index (Phi) is 7.74. The van der Waals surface area contributed by atoms with Crippen molar-refractivity contribution < 1.29 is 19.0 Å². The summed E-state index contributed by atoms with van der Waals surface area (Å²) in [7, 11) is 0. The number of hydrogen-bond donors (Lipinski definition) is 0. The van der Waals surface area contributed by atoms with Crippen molar-refractivity contribution in [2.75, 3.05) is 19.6 Å². The minimum absolute atomic E-state index is 0.120. The van der Waals surface area contributed by atoms with E-state index in [1.165, 1.54) is 35.2 Å². The summed E-state index contributed by atoms with van der Waals surface area (Å²) in [5, 5.41) is 15.5. The zero-order valence-corrected chi connectivity index (χ0v) is 20.1. The van der Waals surface area contributed by atoms with Crippen LogP contribution in [0.15, 0.2) is 65.7 Å². The van der Waals surface area contributed by atoms with Crippen molar-refractivity contribution >= 4 is 29.1 Å². The number of nitrogens with zero attached hydrogens (tertiary/aromatic N) is 5. The first kappa shape index (κ1) is 25.1. The Bertz CT molecular complexity index is 1280. The quantitative estimate of drug-likeness (QED) is 0.245. The summed E-state index contributed by atoms with van der Waals surface area (Å²) in [6, 6.07) is 12.0. The molecule has 4 rings (SSSR count). The standard InChI is InChI=1S/C25H24ClN5O5/c1-2-13-29(25(33)17-9-11-20(12-10-17)31(34)35)16-22(32)30-14-4-3-8-21(30)24-27-23(28-36-24)18-6-5-7-19(26)15-18/h2,5-7,9-12,15,21H,1,3-4,8,13-14,16H2. The lowest BCUT2D eigenvalue weighted by Gasteiger charge is -2.35. The number of amides is 2. The lowest BCUT2D eigenvalue weighted by molar-refractivity contribution is -0.384. The second-order valence-electron chi connectivity index (χ2n) is 8.34. The summed E-state index contributed by atoms with van der Waals surface area (Å²) in [5.41, 5.74) is 0.830. The number of non-ortho nitro benzene ring substituents is 1. The van der Waals surface area contributed by atoms with Crippen LogP contribution in [0, 0.1) is 10.1 Å². The van der Waals surface area contributed by atoms with Crippen LogP contribution in [0.25, 0.3) is 11.4 Å². The van der Waals surface area contributed by atoms with Gasteiger partial charge < -0.3 is 14.3 Å². The van der Waals surface area contributed by atoms with E-state index in [-0.39, 0.29) is 30.2 Å². The van der Waals surface area contributed by atoms with Crippen LogP contribution in [-0.4, -0.2) is 56.3 Å². The van der Waals surface area contributed by atoms with E-state index in [0.717, 1.165) is 12.8 Å². The highest BCUT2D eigenvalue weighted by molar-refractivity contribution is 6.30. The van der Waals surface area contributed by atoms with Crippen LogP contribution in [0.1, 0.15) is 41.6 Å². The van der Waals surface area contributed by atoms with Crippen LogP contribution in [0.4, 0.5) is 5.69 Å². The minimum atomic E-state index is -0.537. The van der Waals surface area contributed by atoms with E-state index >= 15 is 0 Å². The number of carbonyl (C=O) groups excluding carboxylic acids is 2. The van der Waals surface area contributed by atoms with Gasteiger partial charge in [0.25, 0.3) is 11.6 Å². The molecule has 2 aromatic carbocycles. The predicted octanol–water partition coefficient (Wildman–Crippen LogP) is 4.68. The van der Waals surface area contributed by atoms with Crippen LogP contribution >= 0.6 is 11.6 Å². The Morgan fingerprint density at radius 1 is 1.25 bits per heavy atom. The van der Waals surface area contributed by atoms with Crippen LogP contribution in [0.5, 0.6) is 0 Å². The van der Waals surface area contributed by atoms with Gasteiger partial charge in [0.2, 0.25) is 17.6 Å². The molecule has 0 spiro atoms. The lowest BCUT2D eigenvalue weighted by Crippen LogP contribution is -2.46. The fourth-order valence-electron chi connectivity index (χ4n) is 4.14. The van der Waals surface area contributed by atoms with E-state index in [0.29, 0.717) is 35.3 Å². The third kappa shape index (κ3) is 5.60. The summed E-state index contributed by atoms with van der Waals surface area (Å²) >= 11 is 6.07. The Balaban J connectivity index is 1.51. The summed E-state index contributed by atoms with van der Waals surface area (Å²) in [6.07, 6.45) is 3.89. The van der Waals surface area contributed by atoms with Gasteiger partial charge in [-0.2, -0.15) is 4.98 Å². The number of halogens is 1. The second-order valence-corrected chi connectivity index (χ2v) is 8.78. The van der Waals surface area contributed by atoms with Gasteiger partial charge >= 0.3 is 0 Å². The number of rotatable bonds is 8. The smallest absolute Gasteiger partial charge is 0.269 e. The molecule has 0 radical (unpaired) electrons. The molecule has 1 fully saturated rings. The molecule has 0 aliphatic carbocycles. The Morgan fingerprint density at radius 2 is 2.03 bits per heavy atom. The number of likely N-dealkylation sites (tertiary alicyclic amines) is 1. The van der Waals surface area contributed by atoms with Gasteiger partial charge in [-0.05, 0) is 43.5 Å². The molecule has 1 aliphatic rings. The second kappa shape index (κ2) is 11.1. The van der Waals surface area contributed by atoms with Crippen LogP contribution in [0.3, 0.4) is 0 Å².